The molecule has 0 heterocycles. The molecule has 0 fully saturated rings. The van der Waals surface area contributed by atoms with E-state index in [1.54, 1.807) is 11.8 Å². The van der Waals surface area contributed by atoms with Crippen LogP contribution in [0.4, 0.5) is 0 Å². The van der Waals surface area contributed by atoms with Crippen LogP contribution in [0, 0.1) is 0 Å². The quantitative estimate of drug-likeness (QED) is 0.612. The van der Waals surface area contributed by atoms with Gasteiger partial charge in [0.25, 0.3) is 0 Å². The van der Waals surface area contributed by atoms with Gasteiger partial charge in [0.15, 0.2) is 0 Å². The SMILES string of the molecule is CSCCCOc1c(Br)cccc1/C=C/C(=O)O. The van der Waals surface area contributed by atoms with Crippen LogP contribution < -0.4 is 4.74 Å². The number of thioether (sulfide) groups is 1. The lowest BCUT2D eigenvalue weighted by molar-refractivity contribution is -0.131. The highest BCUT2D eigenvalue weighted by molar-refractivity contribution is 9.10. The van der Waals surface area contributed by atoms with Gasteiger partial charge in [-0.2, -0.15) is 11.8 Å². The van der Waals surface area contributed by atoms with Crippen molar-refractivity contribution in [2.45, 2.75) is 6.42 Å². The minimum Gasteiger partial charge on any atom is -0.492 e. The monoisotopic (exact) mass is 330 g/mol. The molecule has 0 aliphatic heterocycles. The van der Waals surface area contributed by atoms with Gasteiger partial charge in [-0.3, -0.25) is 0 Å². The summed E-state index contributed by atoms with van der Waals surface area (Å²) < 4.78 is 6.53. The van der Waals surface area contributed by atoms with Crippen LogP contribution in [0.5, 0.6) is 5.75 Å². The van der Waals surface area contributed by atoms with Crippen molar-refractivity contribution in [2.24, 2.45) is 0 Å². The first-order valence-corrected chi connectivity index (χ1v) is 7.65. The van der Waals surface area contributed by atoms with Gasteiger partial charge in [0.1, 0.15) is 5.75 Å². The number of para-hydroxylation sites is 1. The zero-order valence-electron chi connectivity index (χ0n) is 10.1. The van der Waals surface area contributed by atoms with Crippen LogP contribution in [0.25, 0.3) is 6.08 Å². The summed E-state index contributed by atoms with van der Waals surface area (Å²) in [5.41, 5.74) is 0.760. The fourth-order valence-corrected chi connectivity index (χ4v) is 2.25. The van der Waals surface area contributed by atoms with Gasteiger partial charge in [-0.1, -0.05) is 12.1 Å². The second kappa shape index (κ2) is 8.21. The van der Waals surface area contributed by atoms with Gasteiger partial charge in [-0.05, 0) is 46.5 Å². The molecule has 0 bridgehead atoms. The average Bonchev–Trinajstić information content (AvgIpc) is 2.34. The molecule has 1 N–H and O–H groups in total. The molecule has 18 heavy (non-hydrogen) atoms. The van der Waals surface area contributed by atoms with Crippen LogP contribution in [0.1, 0.15) is 12.0 Å². The smallest absolute Gasteiger partial charge is 0.328 e. The van der Waals surface area contributed by atoms with E-state index in [0.29, 0.717) is 12.4 Å². The standard InChI is InChI=1S/C13H15BrO3S/c1-18-9-3-8-17-13-10(6-7-12(15)16)4-2-5-11(13)14/h2,4-7H,3,8-9H2,1H3,(H,15,16)/b7-6+. The number of carbonyl (C=O) groups is 1. The molecule has 98 valence electrons. The van der Waals surface area contributed by atoms with E-state index < -0.39 is 5.97 Å². The zero-order chi connectivity index (χ0) is 13.4. The van der Waals surface area contributed by atoms with Crippen molar-refractivity contribution < 1.29 is 14.6 Å². The van der Waals surface area contributed by atoms with Crippen LogP contribution in [0.2, 0.25) is 0 Å². The molecule has 1 aromatic rings. The third kappa shape index (κ3) is 5.14. The number of carboxylic acid groups (broad SMARTS) is 1. The maximum Gasteiger partial charge on any atom is 0.328 e. The molecule has 0 aliphatic rings. The Labute approximate surface area is 119 Å². The summed E-state index contributed by atoms with van der Waals surface area (Å²) in [6.07, 6.45) is 5.66. The van der Waals surface area contributed by atoms with E-state index >= 15 is 0 Å². The summed E-state index contributed by atoms with van der Waals surface area (Å²) in [4.78, 5) is 10.5. The molecule has 0 atom stereocenters. The summed E-state index contributed by atoms with van der Waals surface area (Å²) in [6.45, 7) is 0.622. The molecule has 5 heteroatoms. The van der Waals surface area contributed by atoms with Crippen molar-refractivity contribution in [3.05, 3.63) is 34.3 Å². The van der Waals surface area contributed by atoms with Gasteiger partial charge in [-0.25, -0.2) is 4.79 Å². The van der Waals surface area contributed by atoms with Gasteiger partial charge in [0.2, 0.25) is 0 Å². The first-order chi connectivity index (χ1) is 8.65. The van der Waals surface area contributed by atoms with Gasteiger partial charge in [-0.15, -0.1) is 0 Å². The summed E-state index contributed by atoms with van der Waals surface area (Å²) in [5, 5.41) is 8.64. The number of benzene rings is 1. The predicted octanol–water partition coefficient (Wildman–Crippen LogP) is 3.68. The molecule has 0 amide bonds. The van der Waals surface area contributed by atoms with Crippen LogP contribution in [0.15, 0.2) is 28.7 Å². The Kier molecular flexibility index (Phi) is 6.90. The second-order valence-electron chi connectivity index (χ2n) is 3.52. The van der Waals surface area contributed by atoms with Crippen LogP contribution in [0.3, 0.4) is 0 Å². The predicted molar refractivity (Wildman–Crippen MR) is 79.3 cm³/mol. The summed E-state index contributed by atoms with van der Waals surface area (Å²) >= 11 is 5.19. The molecule has 0 saturated carbocycles. The van der Waals surface area contributed by atoms with Crippen molar-refractivity contribution in [1.29, 1.82) is 0 Å². The van der Waals surface area contributed by atoms with E-state index in [1.807, 2.05) is 18.2 Å². The first kappa shape index (κ1) is 15.1. The van der Waals surface area contributed by atoms with E-state index in [1.165, 1.54) is 6.08 Å². The van der Waals surface area contributed by atoms with Gasteiger partial charge >= 0.3 is 5.97 Å². The largest absolute Gasteiger partial charge is 0.492 e. The van der Waals surface area contributed by atoms with Crippen molar-refractivity contribution in [3.8, 4) is 5.75 Å². The Hall–Kier alpha value is -0.940. The summed E-state index contributed by atoms with van der Waals surface area (Å²) in [5.74, 6) is 0.768. The maximum atomic E-state index is 10.5. The third-order valence-electron chi connectivity index (χ3n) is 2.14. The number of hydrogen-bond donors (Lipinski definition) is 1. The Morgan fingerprint density at radius 1 is 1.56 bits per heavy atom. The van der Waals surface area contributed by atoms with Crippen molar-refractivity contribution >= 4 is 39.7 Å². The lowest BCUT2D eigenvalue weighted by atomic mass is 10.2. The third-order valence-corrected chi connectivity index (χ3v) is 3.46. The molecule has 0 radical (unpaired) electrons. The molecule has 0 unspecified atom stereocenters. The Balaban J connectivity index is 2.77. The van der Waals surface area contributed by atoms with Crippen LogP contribution in [-0.2, 0) is 4.79 Å². The number of halogens is 1. The molecule has 3 nitrogen and oxygen atoms in total. The molecule has 1 aromatic carbocycles. The topological polar surface area (TPSA) is 46.5 Å². The maximum absolute atomic E-state index is 10.5. The number of ether oxygens (including phenoxy) is 1. The van der Waals surface area contributed by atoms with Crippen molar-refractivity contribution in [2.75, 3.05) is 18.6 Å². The van der Waals surface area contributed by atoms with Crippen molar-refractivity contribution in [3.63, 3.8) is 0 Å². The van der Waals surface area contributed by atoms with E-state index in [0.717, 1.165) is 28.3 Å². The lowest BCUT2D eigenvalue weighted by Crippen LogP contribution is -2.00. The number of rotatable bonds is 7. The molecule has 0 saturated heterocycles. The van der Waals surface area contributed by atoms with E-state index in [-0.39, 0.29) is 0 Å². The van der Waals surface area contributed by atoms with Crippen LogP contribution >= 0.6 is 27.7 Å². The van der Waals surface area contributed by atoms with Crippen LogP contribution in [-0.4, -0.2) is 29.7 Å². The summed E-state index contributed by atoms with van der Waals surface area (Å²) in [6, 6.07) is 5.55. The second-order valence-corrected chi connectivity index (χ2v) is 5.36. The number of aliphatic carboxylic acids is 1. The molecular weight excluding hydrogens is 316 g/mol. The molecule has 1 rings (SSSR count). The van der Waals surface area contributed by atoms with E-state index in [2.05, 4.69) is 22.2 Å². The lowest BCUT2D eigenvalue weighted by Gasteiger charge is -2.10. The highest BCUT2D eigenvalue weighted by atomic mass is 79.9. The average molecular weight is 331 g/mol. The van der Waals surface area contributed by atoms with Gasteiger partial charge in [0, 0.05) is 11.6 Å². The van der Waals surface area contributed by atoms with Crippen molar-refractivity contribution in [1.82, 2.24) is 0 Å². The van der Waals surface area contributed by atoms with Gasteiger partial charge < -0.3 is 9.84 Å². The Bertz CT molecular complexity index is 432. The number of hydrogen-bond acceptors (Lipinski definition) is 3. The van der Waals surface area contributed by atoms with Gasteiger partial charge in [0.05, 0.1) is 11.1 Å². The first-order valence-electron chi connectivity index (χ1n) is 5.46. The zero-order valence-corrected chi connectivity index (χ0v) is 12.5. The van der Waals surface area contributed by atoms with E-state index in [4.69, 9.17) is 9.84 Å². The fourth-order valence-electron chi connectivity index (χ4n) is 1.35. The minimum absolute atomic E-state index is 0.622. The van der Waals surface area contributed by atoms with E-state index in [9.17, 15) is 4.79 Å². The summed E-state index contributed by atoms with van der Waals surface area (Å²) in [7, 11) is 0. The molecular formula is C13H15BrO3S. The number of carboxylic acids is 1. The fraction of sp³-hybridized carbons (Fsp3) is 0.308. The minimum atomic E-state index is -0.969. The highest BCUT2D eigenvalue weighted by Crippen LogP contribution is 2.30. The highest BCUT2D eigenvalue weighted by Gasteiger charge is 2.06. The molecule has 0 spiro atoms. The molecule has 0 aromatic heterocycles. The normalized spacial score (nSPS) is 10.8. The Morgan fingerprint density at radius 2 is 2.33 bits per heavy atom. The molecule has 0 aliphatic carbocycles. The Morgan fingerprint density at radius 3 is 3.00 bits per heavy atom.